The van der Waals surface area contributed by atoms with Gasteiger partial charge in [0.25, 0.3) is 0 Å². The Morgan fingerprint density at radius 1 is 1.37 bits per heavy atom. The first-order valence-electron chi connectivity index (χ1n) is 6.73. The van der Waals surface area contributed by atoms with Crippen molar-refractivity contribution in [3.63, 3.8) is 0 Å². The maximum absolute atomic E-state index is 12.2. The summed E-state index contributed by atoms with van der Waals surface area (Å²) in [6.45, 7) is 8.80. The predicted octanol–water partition coefficient (Wildman–Crippen LogP) is 1.35. The van der Waals surface area contributed by atoms with Crippen molar-refractivity contribution in [3.05, 3.63) is 16.9 Å². The van der Waals surface area contributed by atoms with Crippen LogP contribution in [0.25, 0.3) is 0 Å². The van der Waals surface area contributed by atoms with Crippen LogP contribution >= 0.6 is 0 Å². The number of hydroxylamine groups is 2. The van der Waals surface area contributed by atoms with Crippen molar-refractivity contribution in [2.24, 2.45) is 0 Å². The lowest BCUT2D eigenvalue weighted by atomic mass is 9.96. The van der Waals surface area contributed by atoms with Crippen molar-refractivity contribution in [3.8, 4) is 0 Å². The highest BCUT2D eigenvalue weighted by molar-refractivity contribution is 5.96. The maximum Gasteiger partial charge on any atom is 0.248 e. The summed E-state index contributed by atoms with van der Waals surface area (Å²) in [5.74, 6) is -0.129. The van der Waals surface area contributed by atoms with Crippen LogP contribution in [0.15, 0.2) is 11.6 Å². The van der Waals surface area contributed by atoms with Gasteiger partial charge in [0.05, 0.1) is 0 Å². The molecule has 1 heterocycles. The Hall–Kier alpha value is -0.910. The number of hydrogen-bond acceptors (Lipinski definition) is 4. The smallest absolute Gasteiger partial charge is 0.248 e. The topological polar surface area (TPSA) is 58.6 Å². The molecule has 1 N–H and O–H groups in total. The van der Waals surface area contributed by atoms with Crippen LogP contribution in [0, 0.1) is 5.21 Å². The van der Waals surface area contributed by atoms with Gasteiger partial charge in [-0.15, -0.1) is 0 Å². The van der Waals surface area contributed by atoms with Crippen molar-refractivity contribution in [2.75, 3.05) is 27.2 Å². The summed E-state index contributed by atoms with van der Waals surface area (Å²) in [6, 6.07) is 0. The van der Waals surface area contributed by atoms with Crippen LogP contribution in [0.1, 0.15) is 34.1 Å². The Morgan fingerprint density at radius 2 is 1.95 bits per heavy atom. The predicted molar refractivity (Wildman–Crippen MR) is 77.6 cm³/mol. The van der Waals surface area contributed by atoms with Crippen molar-refractivity contribution in [1.82, 2.24) is 15.3 Å². The Kier molecular flexibility index (Phi) is 4.76. The van der Waals surface area contributed by atoms with Gasteiger partial charge in [0.1, 0.15) is 0 Å². The first-order chi connectivity index (χ1) is 8.59. The third kappa shape index (κ3) is 3.55. The minimum atomic E-state index is -0.769. The van der Waals surface area contributed by atoms with Gasteiger partial charge < -0.3 is 20.5 Å². The second-order valence-electron chi connectivity index (χ2n) is 6.48. The Balaban J connectivity index is 2.62. The van der Waals surface area contributed by atoms with Crippen molar-refractivity contribution >= 4 is 5.91 Å². The molecule has 0 bridgehead atoms. The molecule has 110 valence electrons. The molecule has 5 heteroatoms. The molecule has 0 saturated carbocycles. The van der Waals surface area contributed by atoms with Crippen molar-refractivity contribution in [2.45, 2.75) is 45.2 Å². The molecule has 0 saturated heterocycles. The molecule has 0 unspecified atom stereocenters. The average molecular weight is 268 g/mol. The molecule has 1 aliphatic heterocycles. The second kappa shape index (κ2) is 5.61. The molecule has 0 aromatic heterocycles. The van der Waals surface area contributed by atoms with E-state index in [1.54, 1.807) is 19.9 Å². The van der Waals surface area contributed by atoms with Crippen molar-refractivity contribution < 1.29 is 4.79 Å². The van der Waals surface area contributed by atoms with E-state index in [1.807, 2.05) is 27.9 Å². The molecule has 1 aliphatic rings. The van der Waals surface area contributed by atoms with Gasteiger partial charge in [-0.1, -0.05) is 6.08 Å². The number of nitrogens with one attached hydrogen (secondary N) is 1. The first kappa shape index (κ1) is 16.1. The molecule has 1 rings (SSSR count). The average Bonchev–Trinajstić information content (AvgIpc) is 2.45. The molecule has 5 nitrogen and oxygen atoms in total. The van der Waals surface area contributed by atoms with Crippen molar-refractivity contribution in [1.29, 1.82) is 0 Å². The monoisotopic (exact) mass is 268 g/mol. The third-order valence-corrected chi connectivity index (χ3v) is 3.50. The summed E-state index contributed by atoms with van der Waals surface area (Å²) >= 11 is 0. The van der Waals surface area contributed by atoms with Gasteiger partial charge in [0, 0.05) is 23.2 Å². The fraction of sp³-hybridized carbons (Fsp3) is 0.786. The lowest BCUT2D eigenvalue weighted by Crippen LogP contribution is -2.48. The molecule has 0 fully saturated rings. The molecule has 0 spiro atoms. The van der Waals surface area contributed by atoms with E-state index in [-0.39, 0.29) is 5.91 Å². The van der Waals surface area contributed by atoms with Gasteiger partial charge in [-0.3, -0.25) is 4.79 Å². The van der Waals surface area contributed by atoms with Crippen LogP contribution in [-0.4, -0.2) is 54.1 Å². The zero-order valence-electron chi connectivity index (χ0n) is 12.9. The molecule has 1 amide bonds. The summed E-state index contributed by atoms with van der Waals surface area (Å²) in [4.78, 5) is 14.3. The largest absolute Gasteiger partial charge is 0.784 e. The van der Waals surface area contributed by atoms with Crippen LogP contribution in [0.5, 0.6) is 0 Å². The highest BCUT2D eigenvalue weighted by atomic mass is 16.5. The number of carbonyl (C=O) groups excluding carboxylic acids is 1. The maximum atomic E-state index is 12.2. The molecule has 19 heavy (non-hydrogen) atoms. The Morgan fingerprint density at radius 3 is 2.37 bits per heavy atom. The molecule has 0 aromatic rings. The van der Waals surface area contributed by atoms with Gasteiger partial charge in [-0.05, 0) is 54.8 Å². The van der Waals surface area contributed by atoms with Crippen LogP contribution in [-0.2, 0) is 4.79 Å². The van der Waals surface area contributed by atoms with E-state index < -0.39 is 11.1 Å². The van der Waals surface area contributed by atoms with Crippen LogP contribution in [0.4, 0.5) is 0 Å². The lowest BCUT2D eigenvalue weighted by molar-refractivity contribution is -0.118. The van der Waals surface area contributed by atoms with Gasteiger partial charge in [0.2, 0.25) is 5.91 Å². The van der Waals surface area contributed by atoms with E-state index in [0.29, 0.717) is 12.1 Å². The second-order valence-corrected chi connectivity index (χ2v) is 6.48. The summed E-state index contributed by atoms with van der Waals surface area (Å²) < 4.78 is 0. The first-order valence-corrected chi connectivity index (χ1v) is 6.73. The number of hydrogen-bond donors (Lipinski definition) is 1. The molecule has 0 atom stereocenters. The summed E-state index contributed by atoms with van der Waals surface area (Å²) in [5, 5.41) is 16.0. The standard InChI is InChI=1S/C14H26N3O2/c1-13(2)10-11(14(3,4)17(13)19)12(18)15-8-7-9-16(5)6/h10H,7-9H2,1-6H3,(H,15,18)/q-1. The van der Waals surface area contributed by atoms with E-state index >= 15 is 0 Å². The zero-order valence-corrected chi connectivity index (χ0v) is 12.9. The third-order valence-electron chi connectivity index (χ3n) is 3.50. The van der Waals surface area contributed by atoms with Gasteiger partial charge >= 0.3 is 0 Å². The van der Waals surface area contributed by atoms with Crippen LogP contribution in [0.2, 0.25) is 0 Å². The number of carbonyl (C=O) groups is 1. The number of amides is 1. The van der Waals surface area contributed by atoms with E-state index in [4.69, 9.17) is 0 Å². The fourth-order valence-corrected chi connectivity index (χ4v) is 2.45. The highest BCUT2D eigenvalue weighted by Gasteiger charge is 2.42. The normalized spacial score (nSPS) is 21.6. The molecule has 0 radical (unpaired) electrons. The zero-order chi connectivity index (χ0) is 14.8. The number of nitrogens with zero attached hydrogens (tertiary/aromatic N) is 2. The van der Waals surface area contributed by atoms with Crippen LogP contribution < -0.4 is 5.32 Å². The highest BCUT2D eigenvalue weighted by Crippen LogP contribution is 2.38. The van der Waals surface area contributed by atoms with E-state index in [0.717, 1.165) is 18.0 Å². The van der Waals surface area contributed by atoms with Gasteiger partial charge in [-0.25, -0.2) is 0 Å². The quantitative estimate of drug-likeness (QED) is 0.765. The molecular weight excluding hydrogens is 242 g/mol. The molecule has 0 aliphatic carbocycles. The van der Waals surface area contributed by atoms with E-state index in [2.05, 4.69) is 10.2 Å². The summed E-state index contributed by atoms with van der Waals surface area (Å²) in [6.07, 6.45) is 2.68. The van der Waals surface area contributed by atoms with Gasteiger partial charge in [-0.2, -0.15) is 0 Å². The summed E-state index contributed by atoms with van der Waals surface area (Å²) in [5.41, 5.74) is -0.827. The summed E-state index contributed by atoms with van der Waals surface area (Å²) in [7, 11) is 4.00. The Labute approximate surface area is 116 Å². The molecule has 0 aromatic carbocycles. The number of rotatable bonds is 5. The minimum Gasteiger partial charge on any atom is -0.784 e. The SMILES string of the molecule is CN(C)CCCNC(=O)C1=CC(C)(C)N([O-])C1(C)C. The van der Waals surface area contributed by atoms with Gasteiger partial charge in [0.15, 0.2) is 0 Å². The fourth-order valence-electron chi connectivity index (χ4n) is 2.45. The van der Waals surface area contributed by atoms with E-state index in [9.17, 15) is 10.0 Å². The minimum absolute atomic E-state index is 0.129. The Bertz CT molecular complexity index is 373. The molecular formula is C14H26N3O2-. The lowest BCUT2D eigenvalue weighted by Gasteiger charge is -2.47. The van der Waals surface area contributed by atoms with E-state index in [1.165, 1.54) is 0 Å². The van der Waals surface area contributed by atoms with Crippen LogP contribution in [0.3, 0.4) is 0 Å².